The molecule has 0 saturated heterocycles. The third kappa shape index (κ3) is 3.65. The number of aliphatic hydroxyl groups is 1. The van der Waals surface area contributed by atoms with Gasteiger partial charge in [-0.25, -0.2) is 4.39 Å². The van der Waals surface area contributed by atoms with Gasteiger partial charge in [0.2, 0.25) is 0 Å². The average Bonchev–Trinajstić information content (AvgIpc) is 2.46. The second-order valence-electron chi connectivity index (χ2n) is 4.29. The van der Waals surface area contributed by atoms with Gasteiger partial charge in [0.1, 0.15) is 11.6 Å². The molecule has 3 nitrogen and oxygen atoms in total. The van der Waals surface area contributed by atoms with Crippen LogP contribution in [0.15, 0.2) is 47.4 Å². The van der Waals surface area contributed by atoms with E-state index in [-0.39, 0.29) is 5.82 Å². The van der Waals surface area contributed by atoms with Crippen molar-refractivity contribution in [3.05, 3.63) is 53.8 Å². The highest BCUT2D eigenvalue weighted by Gasteiger charge is 2.11. The molecule has 0 spiro atoms. The molecule has 0 aliphatic carbocycles. The number of ether oxygens (including phenoxy) is 1. The Kier molecular flexibility index (Phi) is 4.87. The lowest BCUT2D eigenvalue weighted by Crippen LogP contribution is -2.01. The molecule has 0 aromatic heterocycles. The zero-order valence-electron chi connectivity index (χ0n) is 11.0. The minimum atomic E-state index is -0.688. The van der Waals surface area contributed by atoms with Crippen LogP contribution in [0.2, 0.25) is 0 Å². The second-order valence-corrected chi connectivity index (χ2v) is 5.36. The van der Waals surface area contributed by atoms with E-state index in [0.717, 1.165) is 5.56 Å². The van der Waals surface area contributed by atoms with Crippen LogP contribution in [0.3, 0.4) is 0 Å². The van der Waals surface area contributed by atoms with Gasteiger partial charge in [-0.1, -0.05) is 12.1 Å². The highest BCUT2D eigenvalue weighted by Crippen LogP contribution is 2.28. The summed E-state index contributed by atoms with van der Waals surface area (Å²) in [7, 11) is 1.57. The maximum absolute atomic E-state index is 13.6. The molecule has 2 rings (SSSR count). The lowest BCUT2D eigenvalue weighted by atomic mass is 10.1. The number of nitrogen functional groups attached to an aromatic ring is 1. The first-order valence-corrected chi connectivity index (χ1v) is 7.08. The zero-order chi connectivity index (χ0) is 14.5. The number of rotatable bonds is 5. The molecule has 5 heteroatoms. The van der Waals surface area contributed by atoms with E-state index in [1.807, 2.05) is 18.2 Å². The molecule has 3 N–H and O–H groups in total. The fraction of sp³-hybridized carbons (Fsp3) is 0.200. The lowest BCUT2D eigenvalue weighted by molar-refractivity contribution is 0.203. The molecule has 0 bridgehead atoms. The Morgan fingerprint density at radius 2 is 2.10 bits per heavy atom. The normalized spacial score (nSPS) is 12.2. The summed E-state index contributed by atoms with van der Waals surface area (Å²) in [5, 5.41) is 10.1. The SMILES string of the molecule is COc1cccc(C(O)CSc2ccc(N)cc2F)c1. The summed E-state index contributed by atoms with van der Waals surface area (Å²) in [5.74, 6) is 0.673. The number of benzene rings is 2. The van der Waals surface area contributed by atoms with Gasteiger partial charge in [0.05, 0.1) is 13.2 Å². The molecule has 0 heterocycles. The summed E-state index contributed by atoms with van der Waals surface area (Å²) in [6, 6.07) is 11.7. The van der Waals surface area contributed by atoms with Crippen LogP contribution >= 0.6 is 11.8 Å². The van der Waals surface area contributed by atoms with Crippen LogP contribution < -0.4 is 10.5 Å². The van der Waals surface area contributed by atoms with Gasteiger partial charge in [0.25, 0.3) is 0 Å². The molecule has 0 aliphatic rings. The predicted octanol–water partition coefficient (Wildman–Crippen LogP) is 3.24. The lowest BCUT2D eigenvalue weighted by Gasteiger charge is -2.12. The van der Waals surface area contributed by atoms with Crippen LogP contribution in [0.25, 0.3) is 0 Å². The van der Waals surface area contributed by atoms with Crippen molar-refractivity contribution in [3.63, 3.8) is 0 Å². The van der Waals surface area contributed by atoms with E-state index in [1.54, 1.807) is 25.3 Å². The van der Waals surface area contributed by atoms with E-state index in [4.69, 9.17) is 10.5 Å². The maximum Gasteiger partial charge on any atom is 0.138 e. The van der Waals surface area contributed by atoms with Crippen LogP contribution in [0.1, 0.15) is 11.7 Å². The fourth-order valence-electron chi connectivity index (χ4n) is 1.75. The molecule has 2 aromatic rings. The van der Waals surface area contributed by atoms with Crippen LogP contribution in [0.4, 0.5) is 10.1 Å². The number of thioether (sulfide) groups is 1. The van der Waals surface area contributed by atoms with E-state index in [0.29, 0.717) is 22.1 Å². The number of methoxy groups -OCH3 is 1. The second kappa shape index (κ2) is 6.63. The molecule has 0 saturated carbocycles. The van der Waals surface area contributed by atoms with Gasteiger partial charge in [-0.05, 0) is 35.9 Å². The number of hydrogen-bond acceptors (Lipinski definition) is 4. The Morgan fingerprint density at radius 3 is 2.80 bits per heavy atom. The molecule has 0 fully saturated rings. The van der Waals surface area contributed by atoms with Gasteiger partial charge in [-0.3, -0.25) is 0 Å². The highest BCUT2D eigenvalue weighted by molar-refractivity contribution is 7.99. The molecule has 0 radical (unpaired) electrons. The van der Waals surface area contributed by atoms with Crippen molar-refractivity contribution in [2.24, 2.45) is 0 Å². The van der Waals surface area contributed by atoms with Crippen LogP contribution in [0.5, 0.6) is 5.75 Å². The Hall–Kier alpha value is -1.72. The zero-order valence-corrected chi connectivity index (χ0v) is 11.9. The largest absolute Gasteiger partial charge is 0.497 e. The van der Waals surface area contributed by atoms with Crippen molar-refractivity contribution < 1.29 is 14.2 Å². The summed E-state index contributed by atoms with van der Waals surface area (Å²) in [6.45, 7) is 0. The first kappa shape index (κ1) is 14.7. The summed E-state index contributed by atoms with van der Waals surface area (Å²) < 4.78 is 18.7. The van der Waals surface area contributed by atoms with Crippen molar-refractivity contribution >= 4 is 17.4 Å². The molecule has 0 aliphatic heterocycles. The third-order valence-corrected chi connectivity index (χ3v) is 3.96. The molecule has 2 aromatic carbocycles. The first-order chi connectivity index (χ1) is 9.60. The smallest absolute Gasteiger partial charge is 0.138 e. The Balaban J connectivity index is 2.02. The topological polar surface area (TPSA) is 55.5 Å². The quantitative estimate of drug-likeness (QED) is 0.656. The molecule has 1 atom stereocenters. The van der Waals surface area contributed by atoms with Gasteiger partial charge in [0, 0.05) is 16.3 Å². The van der Waals surface area contributed by atoms with E-state index in [9.17, 15) is 9.50 Å². The van der Waals surface area contributed by atoms with E-state index >= 15 is 0 Å². The van der Waals surface area contributed by atoms with Crippen molar-refractivity contribution in [3.8, 4) is 5.75 Å². The minimum absolute atomic E-state index is 0.355. The number of hydrogen-bond donors (Lipinski definition) is 2. The number of nitrogens with two attached hydrogens (primary N) is 1. The Labute approximate surface area is 121 Å². The first-order valence-electron chi connectivity index (χ1n) is 6.10. The summed E-state index contributed by atoms with van der Waals surface area (Å²) in [5.41, 5.74) is 6.63. The van der Waals surface area contributed by atoms with E-state index in [1.165, 1.54) is 17.8 Å². The molecule has 106 valence electrons. The van der Waals surface area contributed by atoms with Crippen molar-refractivity contribution in [2.75, 3.05) is 18.6 Å². The van der Waals surface area contributed by atoms with Gasteiger partial charge < -0.3 is 15.6 Å². The minimum Gasteiger partial charge on any atom is -0.497 e. The molecular formula is C15H16FNO2S. The van der Waals surface area contributed by atoms with Crippen LogP contribution in [-0.2, 0) is 0 Å². The van der Waals surface area contributed by atoms with Crippen LogP contribution in [0, 0.1) is 5.82 Å². The Morgan fingerprint density at radius 1 is 1.30 bits per heavy atom. The molecule has 0 amide bonds. The Bertz CT molecular complexity index is 592. The maximum atomic E-state index is 13.6. The molecular weight excluding hydrogens is 277 g/mol. The predicted molar refractivity (Wildman–Crippen MR) is 79.5 cm³/mol. The average molecular weight is 293 g/mol. The number of anilines is 1. The van der Waals surface area contributed by atoms with Gasteiger partial charge in [-0.2, -0.15) is 0 Å². The van der Waals surface area contributed by atoms with Crippen molar-refractivity contribution in [2.45, 2.75) is 11.0 Å². The van der Waals surface area contributed by atoms with Crippen LogP contribution in [-0.4, -0.2) is 18.0 Å². The van der Waals surface area contributed by atoms with Gasteiger partial charge in [-0.15, -0.1) is 11.8 Å². The number of halogens is 1. The summed E-state index contributed by atoms with van der Waals surface area (Å²) >= 11 is 1.25. The standard InChI is InChI=1S/C15H16FNO2S/c1-19-12-4-2-3-10(7-12)14(18)9-20-15-6-5-11(17)8-13(15)16/h2-8,14,18H,9,17H2,1H3. The monoisotopic (exact) mass is 293 g/mol. The highest BCUT2D eigenvalue weighted by atomic mass is 32.2. The van der Waals surface area contributed by atoms with E-state index in [2.05, 4.69) is 0 Å². The molecule has 20 heavy (non-hydrogen) atoms. The van der Waals surface area contributed by atoms with Crippen molar-refractivity contribution in [1.82, 2.24) is 0 Å². The van der Waals surface area contributed by atoms with Gasteiger partial charge >= 0.3 is 0 Å². The number of aliphatic hydroxyl groups excluding tert-OH is 1. The summed E-state index contributed by atoms with van der Waals surface area (Å²) in [4.78, 5) is 0.473. The van der Waals surface area contributed by atoms with E-state index < -0.39 is 6.10 Å². The third-order valence-electron chi connectivity index (χ3n) is 2.83. The van der Waals surface area contributed by atoms with Gasteiger partial charge in [0.15, 0.2) is 0 Å². The fourth-order valence-corrected chi connectivity index (χ4v) is 2.64. The molecule has 1 unspecified atom stereocenters. The van der Waals surface area contributed by atoms with Crippen molar-refractivity contribution in [1.29, 1.82) is 0 Å². The summed E-state index contributed by atoms with van der Waals surface area (Å²) in [6.07, 6.45) is -0.688.